The van der Waals surface area contributed by atoms with Crippen molar-refractivity contribution in [1.29, 1.82) is 0 Å². The average molecular weight is 133 g/mol. The normalized spacial score (nSPS) is 15.6. The first-order valence-electron chi connectivity index (χ1n) is 2.86. The molecule has 0 aliphatic heterocycles. The van der Waals surface area contributed by atoms with E-state index in [4.69, 9.17) is 5.11 Å². The summed E-state index contributed by atoms with van der Waals surface area (Å²) in [5.74, 6) is 0. The van der Waals surface area contributed by atoms with Crippen molar-refractivity contribution in [2.45, 2.75) is 19.0 Å². The second kappa shape index (κ2) is 4.05. The fourth-order valence-electron chi connectivity index (χ4n) is 0.580. The van der Waals surface area contributed by atoms with E-state index in [1.54, 1.807) is 0 Å². The first-order chi connectivity index (χ1) is 3.72. The Balaban J connectivity index is 3.52. The zero-order chi connectivity index (χ0) is 6.57. The molecule has 1 nitrogen and oxygen atoms in total. The van der Waals surface area contributed by atoms with Crippen molar-refractivity contribution in [2.24, 2.45) is 0 Å². The lowest BCUT2D eigenvalue weighted by Gasteiger charge is -1.98. The Hall–Kier alpha value is 0.130. The number of hydrogen-bond donors (Lipinski definition) is 1. The molecule has 0 fully saturated rings. The first-order valence-corrected chi connectivity index (χ1v) is 4.90. The Kier molecular flexibility index (Phi) is 4.12. The van der Waals surface area contributed by atoms with Crippen molar-refractivity contribution in [3.05, 3.63) is 0 Å². The number of rotatable bonds is 3. The minimum absolute atomic E-state index is 0.164. The summed E-state index contributed by atoms with van der Waals surface area (Å²) in [4.78, 5) is 0. The fraction of sp³-hybridized carbons (Fsp3) is 0.833. The molecule has 0 heterocycles. The van der Waals surface area contributed by atoms with E-state index in [9.17, 15) is 0 Å². The van der Waals surface area contributed by atoms with Crippen LogP contribution in [0, 0.1) is 0 Å². The average Bonchev–Trinajstić information content (AvgIpc) is 1.69. The summed E-state index contributed by atoms with van der Waals surface area (Å²) in [5.41, 5.74) is 0.463. The molecule has 0 saturated heterocycles. The molecule has 2 heteroatoms. The number of aliphatic hydroxyl groups excluding tert-OH is 1. The third-order valence-corrected chi connectivity index (χ3v) is 3.08. The maximum absolute atomic E-state index is 8.67. The molecule has 0 saturated carbocycles. The van der Waals surface area contributed by atoms with Gasteiger partial charge in [0.1, 0.15) is 5.66 Å². The highest BCUT2D eigenvalue weighted by atomic mass is 31.1. The van der Waals surface area contributed by atoms with Gasteiger partial charge < -0.3 is 5.11 Å². The van der Waals surface area contributed by atoms with E-state index in [2.05, 4.69) is 19.9 Å². The van der Waals surface area contributed by atoms with Gasteiger partial charge in [0, 0.05) is 0 Å². The second-order valence-corrected chi connectivity index (χ2v) is 4.25. The Morgan fingerprint density at radius 2 is 2.25 bits per heavy atom. The monoisotopic (exact) mass is 133 g/mol. The quantitative estimate of drug-likeness (QED) is 0.575. The topological polar surface area (TPSA) is 20.2 Å². The zero-order valence-electron chi connectivity index (χ0n) is 5.59. The predicted molar refractivity (Wildman–Crippen MR) is 41.1 cm³/mol. The molecule has 1 N–H and O–H groups in total. The molecule has 0 aromatic carbocycles. The lowest BCUT2D eigenvalue weighted by atomic mass is 10.3. The van der Waals surface area contributed by atoms with Gasteiger partial charge in [-0.15, -0.1) is 0 Å². The molecular weight excluding hydrogens is 119 g/mol. The minimum Gasteiger partial charge on any atom is -0.392 e. The Labute approximate surface area is 52.1 Å². The summed E-state index contributed by atoms with van der Waals surface area (Å²) in [7, 11) is -0.164. The Bertz CT molecular complexity index is 76.6. The zero-order valence-corrected chi connectivity index (χ0v) is 6.49. The molecule has 0 aliphatic carbocycles. The molecule has 0 amide bonds. The second-order valence-electron chi connectivity index (χ2n) is 2.00. The van der Waals surface area contributed by atoms with Crippen LogP contribution in [0.15, 0.2) is 0 Å². The molecule has 2 unspecified atom stereocenters. The predicted octanol–water partition coefficient (Wildman–Crippen LogP) is 1.30. The first kappa shape index (κ1) is 8.13. The van der Waals surface area contributed by atoms with Crippen molar-refractivity contribution in [3.63, 3.8) is 0 Å². The Morgan fingerprint density at radius 1 is 1.75 bits per heavy atom. The summed E-state index contributed by atoms with van der Waals surface area (Å²) >= 11 is 0. The van der Waals surface area contributed by atoms with Crippen LogP contribution in [0.4, 0.5) is 0 Å². The van der Waals surface area contributed by atoms with Crippen molar-refractivity contribution in [3.8, 4) is 0 Å². The van der Waals surface area contributed by atoms with Gasteiger partial charge in [-0.05, 0) is 6.42 Å². The molecule has 0 radical (unpaired) electrons. The number of hydrogen-bond acceptors (Lipinski definition) is 1. The van der Waals surface area contributed by atoms with Crippen LogP contribution >= 0.6 is 7.55 Å². The highest BCUT2D eigenvalue weighted by Gasteiger charge is 2.12. The van der Waals surface area contributed by atoms with Gasteiger partial charge in [0.15, 0.2) is 0 Å². The molecule has 2 atom stereocenters. The van der Waals surface area contributed by atoms with Gasteiger partial charge in [-0.2, -0.15) is 0 Å². The van der Waals surface area contributed by atoms with Crippen molar-refractivity contribution in [2.75, 3.05) is 13.3 Å². The smallest absolute Gasteiger partial charge is 0.138 e. The van der Waals surface area contributed by atoms with Gasteiger partial charge in [0.2, 0.25) is 0 Å². The fourth-order valence-corrected chi connectivity index (χ4v) is 1.48. The van der Waals surface area contributed by atoms with Crippen molar-refractivity contribution >= 4 is 13.8 Å². The summed E-state index contributed by atoms with van der Waals surface area (Å²) in [5, 5.41) is 8.67. The third kappa shape index (κ3) is 2.44. The summed E-state index contributed by atoms with van der Waals surface area (Å²) in [6.07, 6.45) is 4.94. The van der Waals surface area contributed by atoms with Gasteiger partial charge in [0.05, 0.1) is 27.1 Å². The van der Waals surface area contributed by atoms with Crippen LogP contribution < -0.4 is 0 Å². The highest BCUT2D eigenvalue weighted by Crippen LogP contribution is 2.23. The van der Waals surface area contributed by atoms with Crippen LogP contribution in [0.2, 0.25) is 0 Å². The molecule has 0 aliphatic rings. The van der Waals surface area contributed by atoms with E-state index < -0.39 is 0 Å². The van der Waals surface area contributed by atoms with Crippen molar-refractivity contribution in [1.82, 2.24) is 0 Å². The SMILES string of the molecule is C=[P+](C)C(CC)CO. The lowest BCUT2D eigenvalue weighted by molar-refractivity contribution is 0.291. The van der Waals surface area contributed by atoms with Crippen LogP contribution in [0.25, 0.3) is 0 Å². The lowest BCUT2D eigenvalue weighted by Crippen LogP contribution is -2.05. The molecule has 0 bridgehead atoms. The molecule has 0 rings (SSSR count). The van der Waals surface area contributed by atoms with E-state index in [1.165, 1.54) is 0 Å². The van der Waals surface area contributed by atoms with E-state index in [0.717, 1.165) is 6.42 Å². The summed E-state index contributed by atoms with van der Waals surface area (Å²) in [6.45, 7) is 4.49. The molecular formula is C6H14OP+. The van der Waals surface area contributed by atoms with Gasteiger partial charge in [-0.3, -0.25) is 0 Å². The standard InChI is InChI=1S/C6H14OP/c1-4-6(5-7)8(2)3/h6-7H,2,4-5H2,1,3H3/q+1. The largest absolute Gasteiger partial charge is 0.392 e. The Morgan fingerprint density at radius 3 is 2.25 bits per heavy atom. The van der Waals surface area contributed by atoms with E-state index in [-0.39, 0.29) is 7.55 Å². The number of aliphatic hydroxyl groups is 1. The van der Waals surface area contributed by atoms with Crippen LogP contribution in [-0.2, 0) is 0 Å². The van der Waals surface area contributed by atoms with E-state index in [1.807, 2.05) is 0 Å². The van der Waals surface area contributed by atoms with E-state index >= 15 is 0 Å². The van der Waals surface area contributed by atoms with Crippen LogP contribution in [0.3, 0.4) is 0 Å². The van der Waals surface area contributed by atoms with Crippen LogP contribution in [0.1, 0.15) is 13.3 Å². The molecule has 8 heavy (non-hydrogen) atoms. The van der Waals surface area contributed by atoms with Gasteiger partial charge >= 0.3 is 0 Å². The van der Waals surface area contributed by atoms with Gasteiger partial charge in [-0.1, -0.05) is 6.92 Å². The van der Waals surface area contributed by atoms with Gasteiger partial charge in [-0.25, -0.2) is 0 Å². The van der Waals surface area contributed by atoms with Crippen molar-refractivity contribution < 1.29 is 5.11 Å². The van der Waals surface area contributed by atoms with Gasteiger partial charge in [0.25, 0.3) is 0 Å². The summed E-state index contributed by atoms with van der Waals surface area (Å²) in [6, 6.07) is 0. The maximum Gasteiger partial charge on any atom is 0.138 e. The summed E-state index contributed by atoms with van der Waals surface area (Å²) < 4.78 is 0. The minimum atomic E-state index is -0.164. The molecule has 0 aromatic rings. The van der Waals surface area contributed by atoms with E-state index in [0.29, 0.717) is 12.3 Å². The highest BCUT2D eigenvalue weighted by molar-refractivity contribution is 7.55. The molecule has 48 valence electrons. The molecule has 0 aromatic heterocycles. The maximum atomic E-state index is 8.67. The van der Waals surface area contributed by atoms with Crippen LogP contribution in [-0.4, -0.2) is 30.3 Å². The third-order valence-electron chi connectivity index (χ3n) is 1.31. The van der Waals surface area contributed by atoms with Crippen LogP contribution in [0.5, 0.6) is 0 Å². The molecule has 0 spiro atoms.